The van der Waals surface area contributed by atoms with E-state index in [4.69, 9.17) is 4.74 Å². The first-order chi connectivity index (χ1) is 12.4. The minimum Gasteiger partial charge on any atom is -0.386 e. The van der Waals surface area contributed by atoms with E-state index in [0.29, 0.717) is 13.2 Å². The molecule has 5 heteroatoms. The number of aliphatic hydroxyl groups is 2. The fourth-order valence-electron chi connectivity index (χ4n) is 3.38. The molecular formula is C21H33NO4. The first kappa shape index (κ1) is 20.9. The van der Waals surface area contributed by atoms with Crippen molar-refractivity contribution >= 4 is 5.91 Å². The van der Waals surface area contributed by atoms with Crippen LogP contribution in [0.3, 0.4) is 0 Å². The molecular weight excluding hydrogens is 330 g/mol. The van der Waals surface area contributed by atoms with E-state index in [1.165, 1.54) is 5.56 Å². The molecule has 1 fully saturated rings. The highest BCUT2D eigenvalue weighted by atomic mass is 16.5. The maximum absolute atomic E-state index is 12.6. The molecule has 0 spiro atoms. The molecule has 1 saturated heterocycles. The molecule has 2 unspecified atom stereocenters. The lowest BCUT2D eigenvalue weighted by Gasteiger charge is -2.36. The SMILES string of the molecule is CCCCc1ccc(C(NC(=O)C(O)C2(O)CCOCC2)C(C)C)cc1. The molecule has 2 rings (SSSR count). The van der Waals surface area contributed by atoms with E-state index in [1.807, 2.05) is 26.0 Å². The average Bonchev–Trinajstić information content (AvgIpc) is 2.64. The molecule has 1 amide bonds. The minimum absolute atomic E-state index is 0.164. The average molecular weight is 363 g/mol. The second-order valence-corrected chi connectivity index (χ2v) is 7.69. The molecule has 0 radical (unpaired) electrons. The molecule has 1 aliphatic heterocycles. The Labute approximate surface area is 156 Å². The summed E-state index contributed by atoms with van der Waals surface area (Å²) >= 11 is 0. The Bertz CT molecular complexity index is 564. The number of benzene rings is 1. The third kappa shape index (κ3) is 5.29. The van der Waals surface area contributed by atoms with Gasteiger partial charge in [0.15, 0.2) is 6.10 Å². The molecule has 1 heterocycles. The zero-order valence-corrected chi connectivity index (χ0v) is 16.2. The van der Waals surface area contributed by atoms with Gasteiger partial charge in [-0.25, -0.2) is 0 Å². The molecule has 0 saturated carbocycles. The van der Waals surface area contributed by atoms with Gasteiger partial charge in [0.05, 0.1) is 6.04 Å². The molecule has 1 aromatic carbocycles. The van der Waals surface area contributed by atoms with E-state index in [2.05, 4.69) is 24.4 Å². The number of unbranched alkanes of at least 4 members (excludes halogenated alkanes) is 1. The molecule has 2 atom stereocenters. The summed E-state index contributed by atoms with van der Waals surface area (Å²) in [4.78, 5) is 12.6. The second kappa shape index (κ2) is 9.49. The summed E-state index contributed by atoms with van der Waals surface area (Å²) in [6, 6.07) is 8.10. The molecule has 26 heavy (non-hydrogen) atoms. The normalized spacial score (nSPS) is 19.2. The quantitative estimate of drug-likeness (QED) is 0.664. The summed E-state index contributed by atoms with van der Waals surface area (Å²) in [5.74, 6) is -0.361. The van der Waals surface area contributed by atoms with E-state index >= 15 is 0 Å². The van der Waals surface area contributed by atoms with Gasteiger partial charge >= 0.3 is 0 Å². The lowest BCUT2D eigenvalue weighted by Crippen LogP contribution is -2.54. The maximum atomic E-state index is 12.6. The first-order valence-corrected chi connectivity index (χ1v) is 9.75. The highest BCUT2D eigenvalue weighted by Gasteiger charge is 2.42. The van der Waals surface area contributed by atoms with Crippen molar-refractivity contribution in [3.05, 3.63) is 35.4 Å². The number of ether oxygens (including phenoxy) is 1. The van der Waals surface area contributed by atoms with Crippen molar-refractivity contribution in [3.63, 3.8) is 0 Å². The van der Waals surface area contributed by atoms with E-state index in [-0.39, 0.29) is 24.8 Å². The van der Waals surface area contributed by atoms with E-state index < -0.39 is 17.6 Å². The van der Waals surface area contributed by atoms with Gasteiger partial charge < -0.3 is 20.3 Å². The van der Waals surface area contributed by atoms with Crippen LogP contribution in [-0.2, 0) is 16.0 Å². The van der Waals surface area contributed by atoms with Gasteiger partial charge in [-0.05, 0) is 29.9 Å². The molecule has 0 aliphatic carbocycles. The summed E-state index contributed by atoms with van der Waals surface area (Å²) < 4.78 is 5.22. The Morgan fingerprint density at radius 1 is 1.23 bits per heavy atom. The molecule has 146 valence electrons. The number of aryl methyl sites for hydroxylation is 1. The third-order valence-corrected chi connectivity index (χ3v) is 5.24. The van der Waals surface area contributed by atoms with Crippen LogP contribution >= 0.6 is 0 Å². The topological polar surface area (TPSA) is 78.8 Å². The number of hydrogen-bond donors (Lipinski definition) is 3. The molecule has 1 aliphatic rings. The van der Waals surface area contributed by atoms with Gasteiger partial charge in [-0.1, -0.05) is 51.5 Å². The molecule has 0 aromatic heterocycles. The standard InChI is InChI=1S/C21H33NO4/c1-4-5-6-16-7-9-17(10-8-16)18(15(2)3)22-20(24)19(23)21(25)11-13-26-14-12-21/h7-10,15,18-19,23,25H,4-6,11-14H2,1-3H3,(H,22,24). The third-order valence-electron chi connectivity index (χ3n) is 5.24. The van der Waals surface area contributed by atoms with Crippen LogP contribution in [0.15, 0.2) is 24.3 Å². The Hall–Kier alpha value is -1.43. The van der Waals surface area contributed by atoms with Crippen molar-refractivity contribution in [3.8, 4) is 0 Å². The van der Waals surface area contributed by atoms with Crippen LogP contribution in [0, 0.1) is 5.92 Å². The molecule has 5 nitrogen and oxygen atoms in total. The van der Waals surface area contributed by atoms with Crippen LogP contribution in [-0.4, -0.2) is 41.0 Å². The Balaban J connectivity index is 2.06. The number of carbonyl (C=O) groups excluding carboxylic acids is 1. The summed E-state index contributed by atoms with van der Waals surface area (Å²) in [5, 5.41) is 23.9. The molecule has 3 N–H and O–H groups in total. The lowest BCUT2D eigenvalue weighted by molar-refractivity contribution is -0.160. The van der Waals surface area contributed by atoms with E-state index in [9.17, 15) is 15.0 Å². The van der Waals surface area contributed by atoms with Gasteiger partial charge in [0, 0.05) is 26.1 Å². The zero-order chi connectivity index (χ0) is 19.2. The monoisotopic (exact) mass is 363 g/mol. The fraction of sp³-hybridized carbons (Fsp3) is 0.667. The van der Waals surface area contributed by atoms with Gasteiger partial charge in [0.1, 0.15) is 5.60 Å². The van der Waals surface area contributed by atoms with Crippen LogP contribution in [0.1, 0.15) is 63.6 Å². The Morgan fingerprint density at radius 2 is 1.85 bits per heavy atom. The molecule has 1 aromatic rings. The van der Waals surface area contributed by atoms with Gasteiger partial charge in [-0.2, -0.15) is 0 Å². The maximum Gasteiger partial charge on any atom is 0.252 e. The van der Waals surface area contributed by atoms with E-state index in [1.54, 1.807) is 0 Å². The van der Waals surface area contributed by atoms with Gasteiger partial charge in [-0.15, -0.1) is 0 Å². The van der Waals surface area contributed by atoms with Gasteiger partial charge in [0.25, 0.3) is 5.91 Å². The number of hydrogen-bond acceptors (Lipinski definition) is 4. The largest absolute Gasteiger partial charge is 0.386 e. The highest BCUT2D eigenvalue weighted by molar-refractivity contribution is 5.82. The number of amides is 1. The summed E-state index contributed by atoms with van der Waals surface area (Å²) in [7, 11) is 0. The van der Waals surface area contributed by atoms with Gasteiger partial charge in [0.2, 0.25) is 0 Å². The summed E-state index contributed by atoms with van der Waals surface area (Å²) in [6.45, 7) is 6.95. The van der Waals surface area contributed by atoms with Crippen molar-refractivity contribution in [2.24, 2.45) is 5.92 Å². The van der Waals surface area contributed by atoms with Crippen molar-refractivity contribution in [1.29, 1.82) is 0 Å². The summed E-state index contributed by atoms with van der Waals surface area (Å²) in [6.07, 6.45) is 2.47. The number of carbonyl (C=O) groups is 1. The summed E-state index contributed by atoms with van der Waals surface area (Å²) in [5.41, 5.74) is 0.897. The van der Waals surface area contributed by atoms with E-state index in [0.717, 1.165) is 24.8 Å². The van der Waals surface area contributed by atoms with Crippen LogP contribution in [0.2, 0.25) is 0 Å². The Kier molecular flexibility index (Phi) is 7.62. The second-order valence-electron chi connectivity index (χ2n) is 7.69. The Morgan fingerprint density at radius 3 is 2.38 bits per heavy atom. The van der Waals surface area contributed by atoms with Crippen molar-refractivity contribution in [1.82, 2.24) is 5.32 Å². The first-order valence-electron chi connectivity index (χ1n) is 9.75. The van der Waals surface area contributed by atoms with Crippen LogP contribution in [0.5, 0.6) is 0 Å². The van der Waals surface area contributed by atoms with Crippen molar-refractivity contribution in [2.75, 3.05) is 13.2 Å². The predicted molar refractivity (Wildman–Crippen MR) is 102 cm³/mol. The lowest BCUT2D eigenvalue weighted by atomic mass is 9.87. The number of rotatable bonds is 8. The van der Waals surface area contributed by atoms with Crippen LogP contribution in [0.4, 0.5) is 0 Å². The van der Waals surface area contributed by atoms with Crippen molar-refractivity contribution in [2.45, 2.75) is 70.6 Å². The zero-order valence-electron chi connectivity index (χ0n) is 16.2. The highest BCUT2D eigenvalue weighted by Crippen LogP contribution is 2.27. The predicted octanol–water partition coefficient (Wildman–Crippen LogP) is 2.74. The number of aliphatic hydroxyl groups excluding tert-OH is 1. The smallest absolute Gasteiger partial charge is 0.252 e. The number of nitrogens with one attached hydrogen (secondary N) is 1. The fourth-order valence-corrected chi connectivity index (χ4v) is 3.38. The van der Waals surface area contributed by atoms with Crippen LogP contribution < -0.4 is 5.32 Å². The molecule has 0 bridgehead atoms. The van der Waals surface area contributed by atoms with Crippen LogP contribution in [0.25, 0.3) is 0 Å². The minimum atomic E-state index is -1.45. The van der Waals surface area contributed by atoms with Crippen molar-refractivity contribution < 1.29 is 19.7 Å². The van der Waals surface area contributed by atoms with Gasteiger partial charge in [-0.3, -0.25) is 4.79 Å².